The summed E-state index contributed by atoms with van der Waals surface area (Å²) in [4.78, 5) is 31.9. The molecule has 0 amide bonds. The maximum absolute atomic E-state index is 13.2. The average Bonchev–Trinajstić information content (AvgIpc) is 4.04. The van der Waals surface area contributed by atoms with Crippen LogP contribution in [0.15, 0.2) is 97.1 Å². The van der Waals surface area contributed by atoms with Gasteiger partial charge in [0.15, 0.2) is 0 Å². The second-order valence-corrected chi connectivity index (χ2v) is 17.8. The van der Waals surface area contributed by atoms with Crippen molar-refractivity contribution in [1.29, 1.82) is 0 Å². The molecule has 2 aliphatic rings. The molecule has 2 aliphatic heterocycles. The number of hydrogen-bond donors (Lipinski definition) is 3. The Bertz CT molecular complexity index is 3110. The van der Waals surface area contributed by atoms with E-state index in [0.29, 0.717) is 11.3 Å². The smallest absolute Gasteiger partial charge is 0.338 e. The second-order valence-electron chi connectivity index (χ2n) is 17.8. The average molecular weight is 814 g/mol. The number of esters is 1. The van der Waals surface area contributed by atoms with E-state index in [1.165, 1.54) is 33.4 Å². The largest absolute Gasteiger partial charge is 0.456 e. The molecule has 0 spiro atoms. The van der Waals surface area contributed by atoms with Gasteiger partial charge < -0.3 is 20.4 Å². The Morgan fingerprint density at radius 1 is 0.484 bits per heavy atom. The number of anilines is 1. The van der Waals surface area contributed by atoms with Crippen molar-refractivity contribution in [2.45, 2.75) is 67.9 Å². The van der Waals surface area contributed by atoms with Gasteiger partial charge >= 0.3 is 5.97 Å². The standard InChI is InChI=1S/C55H51N5O2/c1-30-26-32(3)48(33(4)27-30)52-44-22-18-40(57-44)50(36-10-12-38(13-11-36)54(61)62-55(7,8)9)41-19-23-45(58-41)53(49-34(5)28-31(2)29-35(49)6)47-25-21-43(60-47)51(42-20-24-46(52)59-42)37-14-16-39(56)17-15-37/h10-29,57,60H,56H2,1-9H3. The number of rotatable bonds is 5. The molecule has 7 heteroatoms. The zero-order valence-electron chi connectivity index (χ0n) is 36.8. The first-order valence-electron chi connectivity index (χ1n) is 21.1. The Kier molecular flexibility index (Phi) is 9.94. The van der Waals surface area contributed by atoms with Crippen LogP contribution in [0.25, 0.3) is 90.9 Å². The summed E-state index contributed by atoms with van der Waals surface area (Å²) in [6.45, 7) is 18.6. The van der Waals surface area contributed by atoms with Gasteiger partial charge in [-0.1, -0.05) is 59.7 Å². The van der Waals surface area contributed by atoms with Gasteiger partial charge in [-0.2, -0.15) is 0 Å². The number of nitrogens with zero attached hydrogens (tertiary/aromatic N) is 2. The number of benzene rings is 4. The second kappa shape index (κ2) is 15.3. The Balaban J connectivity index is 1.45. The lowest BCUT2D eigenvalue weighted by molar-refractivity contribution is 0.00695. The van der Waals surface area contributed by atoms with Crippen LogP contribution >= 0.6 is 0 Å². The van der Waals surface area contributed by atoms with Crippen LogP contribution in [0.5, 0.6) is 0 Å². The van der Waals surface area contributed by atoms with Crippen molar-refractivity contribution in [3.05, 3.63) is 159 Å². The van der Waals surface area contributed by atoms with Crippen LogP contribution < -0.4 is 5.73 Å². The van der Waals surface area contributed by atoms with Gasteiger partial charge in [-0.05, 0) is 180 Å². The lowest BCUT2D eigenvalue weighted by Crippen LogP contribution is -2.23. The molecule has 8 bridgehead atoms. The van der Waals surface area contributed by atoms with E-state index in [4.69, 9.17) is 20.4 Å². The first-order chi connectivity index (χ1) is 29.6. The molecule has 0 radical (unpaired) electrons. The van der Waals surface area contributed by atoms with Crippen molar-refractivity contribution in [2.75, 3.05) is 5.73 Å². The minimum Gasteiger partial charge on any atom is -0.456 e. The predicted molar refractivity (Wildman–Crippen MR) is 259 cm³/mol. The number of fused-ring (bicyclic) bond motifs is 8. The number of nitrogen functional groups attached to an aromatic ring is 1. The zero-order valence-corrected chi connectivity index (χ0v) is 36.8. The zero-order chi connectivity index (χ0) is 43.6. The number of aromatic nitrogens is 4. The van der Waals surface area contributed by atoms with Crippen LogP contribution in [0.2, 0.25) is 0 Å². The van der Waals surface area contributed by atoms with E-state index in [1.54, 1.807) is 0 Å². The lowest BCUT2D eigenvalue weighted by atomic mass is 9.92. The summed E-state index contributed by atoms with van der Waals surface area (Å²) in [5, 5.41) is 0. The number of carbonyl (C=O) groups excluding carboxylic acids is 1. The third-order valence-corrected chi connectivity index (χ3v) is 11.6. The Hall–Kier alpha value is -7.25. The predicted octanol–water partition coefficient (Wildman–Crippen LogP) is 13.7. The maximum atomic E-state index is 13.2. The maximum Gasteiger partial charge on any atom is 0.338 e. The Labute approximate surface area is 363 Å². The number of H-pyrrole nitrogens is 2. The minimum atomic E-state index is -0.610. The van der Waals surface area contributed by atoms with Crippen molar-refractivity contribution in [1.82, 2.24) is 19.9 Å². The van der Waals surface area contributed by atoms with Crippen molar-refractivity contribution in [3.63, 3.8) is 0 Å². The molecule has 7 aromatic rings. The summed E-state index contributed by atoms with van der Waals surface area (Å²) < 4.78 is 5.72. The number of aryl methyl sites for hydroxylation is 6. The molecule has 308 valence electrons. The molecule has 0 saturated carbocycles. The summed E-state index contributed by atoms with van der Waals surface area (Å²) in [7, 11) is 0. The van der Waals surface area contributed by atoms with Gasteiger partial charge in [0.2, 0.25) is 0 Å². The number of carbonyl (C=O) groups is 1. The van der Waals surface area contributed by atoms with E-state index < -0.39 is 5.60 Å². The normalized spacial score (nSPS) is 12.3. The van der Waals surface area contributed by atoms with Crippen molar-refractivity contribution >= 4 is 58.0 Å². The molecule has 0 saturated heterocycles. The van der Waals surface area contributed by atoms with E-state index in [1.807, 2.05) is 57.2 Å². The van der Waals surface area contributed by atoms with Gasteiger partial charge in [-0.3, -0.25) is 0 Å². The van der Waals surface area contributed by atoms with Crippen LogP contribution in [-0.2, 0) is 4.74 Å². The first kappa shape index (κ1) is 40.2. The third kappa shape index (κ3) is 7.44. The van der Waals surface area contributed by atoms with Gasteiger partial charge in [0.1, 0.15) is 5.60 Å². The topological polar surface area (TPSA) is 110 Å². The van der Waals surface area contributed by atoms with Gasteiger partial charge in [-0.25, -0.2) is 14.8 Å². The van der Waals surface area contributed by atoms with E-state index in [9.17, 15) is 4.79 Å². The molecule has 9 rings (SSSR count). The van der Waals surface area contributed by atoms with Crippen molar-refractivity contribution in [2.24, 2.45) is 0 Å². The van der Waals surface area contributed by atoms with Gasteiger partial charge in [-0.15, -0.1) is 0 Å². The summed E-state index contributed by atoms with van der Waals surface area (Å²) in [6, 6.07) is 33.2. The molecular formula is C55H51N5O2. The first-order valence-corrected chi connectivity index (χ1v) is 21.1. The van der Waals surface area contributed by atoms with Gasteiger partial charge in [0, 0.05) is 50.0 Å². The van der Waals surface area contributed by atoms with E-state index in [-0.39, 0.29) is 5.97 Å². The van der Waals surface area contributed by atoms with Crippen molar-refractivity contribution < 1.29 is 9.53 Å². The number of nitrogens with one attached hydrogen (secondary N) is 2. The number of nitrogens with two attached hydrogens (primary N) is 1. The minimum absolute atomic E-state index is 0.363. The highest BCUT2D eigenvalue weighted by Gasteiger charge is 2.23. The van der Waals surface area contributed by atoms with Gasteiger partial charge in [0.05, 0.1) is 28.3 Å². The summed E-state index contributed by atoms with van der Waals surface area (Å²) in [5.41, 5.74) is 28.9. The highest BCUT2D eigenvalue weighted by atomic mass is 16.6. The van der Waals surface area contributed by atoms with Gasteiger partial charge in [0.25, 0.3) is 0 Å². The SMILES string of the molecule is Cc1cc(C)c(-c2c3nc(c(-c4ccc(C(=O)OC(C)(C)C)cc4)c4ccc([nH]4)c(-c4c(C)cc(C)cc4C)c4nc(c(-c5ccc(N)cc5)c5ccc2[nH]5)C=C4)C=C3)c(C)c1. The highest BCUT2D eigenvalue weighted by Crippen LogP contribution is 2.41. The summed E-state index contributed by atoms with van der Waals surface area (Å²) in [6.07, 6.45) is 8.47. The van der Waals surface area contributed by atoms with E-state index >= 15 is 0 Å². The number of ether oxygens (including phenoxy) is 1. The molecule has 0 atom stereocenters. The number of hydrogen-bond acceptors (Lipinski definition) is 5. The van der Waals surface area contributed by atoms with Crippen molar-refractivity contribution in [3.8, 4) is 44.5 Å². The lowest BCUT2D eigenvalue weighted by Gasteiger charge is -2.19. The molecule has 4 aromatic carbocycles. The summed E-state index contributed by atoms with van der Waals surface area (Å²) >= 11 is 0. The molecular weight excluding hydrogens is 763 g/mol. The van der Waals surface area contributed by atoms with Crippen LogP contribution in [0, 0.1) is 41.5 Å². The molecule has 5 heterocycles. The molecule has 3 aromatic heterocycles. The molecule has 4 N–H and O–H groups in total. The summed E-state index contributed by atoms with van der Waals surface area (Å²) in [5.74, 6) is -0.363. The van der Waals surface area contributed by atoms with Crippen LogP contribution in [0.4, 0.5) is 5.69 Å². The molecule has 0 aliphatic carbocycles. The fraction of sp³-hybridized carbons (Fsp3) is 0.182. The van der Waals surface area contributed by atoms with E-state index in [2.05, 4.69) is 136 Å². The van der Waals surface area contributed by atoms with E-state index in [0.717, 1.165) is 89.4 Å². The number of aromatic amines is 2. The molecule has 62 heavy (non-hydrogen) atoms. The quantitative estimate of drug-likeness (QED) is 0.118. The Morgan fingerprint density at radius 3 is 1.19 bits per heavy atom. The fourth-order valence-corrected chi connectivity index (χ4v) is 9.25. The Morgan fingerprint density at radius 2 is 0.823 bits per heavy atom. The molecule has 7 nitrogen and oxygen atoms in total. The molecule has 0 unspecified atom stereocenters. The van der Waals surface area contributed by atoms with Crippen LogP contribution in [-0.4, -0.2) is 31.5 Å². The monoisotopic (exact) mass is 813 g/mol. The van der Waals surface area contributed by atoms with Crippen LogP contribution in [0.1, 0.15) is 87.3 Å². The third-order valence-electron chi connectivity index (χ3n) is 11.6. The fourth-order valence-electron chi connectivity index (χ4n) is 9.25. The van der Waals surface area contributed by atoms with Crippen LogP contribution in [0.3, 0.4) is 0 Å². The highest BCUT2D eigenvalue weighted by molar-refractivity contribution is 6.01. The molecule has 0 fully saturated rings.